The summed E-state index contributed by atoms with van der Waals surface area (Å²) in [6.07, 6.45) is 2.94. The largest absolute Gasteiger partial charge is 0.494 e. The van der Waals surface area contributed by atoms with Crippen LogP contribution in [-0.4, -0.2) is 51.6 Å². The summed E-state index contributed by atoms with van der Waals surface area (Å²) in [6, 6.07) is 7.45. The molecule has 1 aromatic carbocycles. The molecular formula is C20H23N3O3S2. The Hall–Kier alpha value is -1.93. The van der Waals surface area contributed by atoms with E-state index in [0.29, 0.717) is 17.5 Å². The number of hydrogen-bond donors (Lipinski definition) is 0. The Morgan fingerprint density at radius 2 is 2.00 bits per heavy atom. The lowest BCUT2D eigenvalue weighted by molar-refractivity contribution is -0.127. The van der Waals surface area contributed by atoms with Crippen LogP contribution >= 0.6 is 23.5 Å². The Bertz CT molecular complexity index is 922. The van der Waals surface area contributed by atoms with Gasteiger partial charge in [0.2, 0.25) is 5.91 Å². The van der Waals surface area contributed by atoms with Gasteiger partial charge in [-0.25, -0.2) is 4.98 Å². The number of aryl methyl sites for hydroxylation is 1. The lowest BCUT2D eigenvalue weighted by Crippen LogP contribution is -2.30. The van der Waals surface area contributed by atoms with Gasteiger partial charge in [-0.2, -0.15) is 0 Å². The normalized spacial score (nSPS) is 15.7. The molecule has 1 aromatic heterocycles. The number of amides is 1. The molecule has 148 valence electrons. The van der Waals surface area contributed by atoms with Crippen LogP contribution in [0.4, 0.5) is 0 Å². The Morgan fingerprint density at radius 1 is 1.25 bits per heavy atom. The average Bonchev–Trinajstić information content (AvgIpc) is 3.39. The van der Waals surface area contributed by atoms with Gasteiger partial charge in [0, 0.05) is 25.3 Å². The zero-order chi connectivity index (χ0) is 19.5. The highest BCUT2D eigenvalue weighted by molar-refractivity contribution is 8.00. The quantitative estimate of drug-likeness (QED) is 0.532. The summed E-state index contributed by atoms with van der Waals surface area (Å²) in [5.41, 5.74) is 1.55. The minimum absolute atomic E-state index is 0.0484. The van der Waals surface area contributed by atoms with Crippen molar-refractivity contribution in [1.29, 1.82) is 0 Å². The smallest absolute Gasteiger partial charge is 0.272 e. The lowest BCUT2D eigenvalue weighted by Gasteiger charge is -2.17. The van der Waals surface area contributed by atoms with E-state index < -0.39 is 0 Å². The third kappa shape index (κ3) is 3.93. The van der Waals surface area contributed by atoms with E-state index in [0.717, 1.165) is 60.1 Å². The highest BCUT2D eigenvalue weighted by Crippen LogP contribution is 2.30. The summed E-state index contributed by atoms with van der Waals surface area (Å²) in [4.78, 5) is 33.0. The number of likely N-dealkylation sites (tertiary alicyclic amines) is 1. The number of carbonyl (C=O) groups excluding carboxylic acids is 1. The molecular weight excluding hydrogens is 394 g/mol. The number of fused-ring (bicyclic) bond motifs is 1. The molecule has 4 rings (SSSR count). The van der Waals surface area contributed by atoms with Crippen LogP contribution in [0.3, 0.4) is 0 Å². The van der Waals surface area contributed by atoms with E-state index >= 15 is 0 Å². The first kappa shape index (κ1) is 19.4. The number of benzene rings is 1. The zero-order valence-corrected chi connectivity index (χ0v) is 17.5. The van der Waals surface area contributed by atoms with Crippen molar-refractivity contribution in [3.05, 3.63) is 40.3 Å². The number of ether oxygens (including phenoxy) is 1. The highest BCUT2D eigenvalue weighted by Gasteiger charge is 2.24. The van der Waals surface area contributed by atoms with Crippen molar-refractivity contribution >= 4 is 29.4 Å². The predicted octanol–water partition coefficient (Wildman–Crippen LogP) is 2.99. The molecule has 0 saturated carbocycles. The Morgan fingerprint density at radius 3 is 2.71 bits per heavy atom. The second-order valence-corrected chi connectivity index (χ2v) is 8.76. The minimum Gasteiger partial charge on any atom is -0.494 e. The average molecular weight is 418 g/mol. The van der Waals surface area contributed by atoms with Gasteiger partial charge in [-0.15, -0.1) is 11.8 Å². The Balaban J connectivity index is 1.65. The van der Waals surface area contributed by atoms with E-state index in [1.54, 1.807) is 16.3 Å². The fraction of sp³-hybridized carbons (Fsp3) is 0.450. The first-order chi connectivity index (χ1) is 13.7. The van der Waals surface area contributed by atoms with Crippen LogP contribution in [0.5, 0.6) is 5.75 Å². The molecule has 2 aliphatic heterocycles. The van der Waals surface area contributed by atoms with Crippen LogP contribution in [0.15, 0.2) is 39.1 Å². The van der Waals surface area contributed by atoms with Gasteiger partial charge >= 0.3 is 0 Å². The summed E-state index contributed by atoms with van der Waals surface area (Å²) in [5.74, 6) is 2.06. The topological polar surface area (TPSA) is 64.4 Å². The van der Waals surface area contributed by atoms with Crippen molar-refractivity contribution in [2.24, 2.45) is 0 Å². The molecule has 2 aliphatic rings. The fourth-order valence-corrected chi connectivity index (χ4v) is 5.41. The van der Waals surface area contributed by atoms with Crippen molar-refractivity contribution in [3.8, 4) is 11.4 Å². The molecule has 0 atom stereocenters. The van der Waals surface area contributed by atoms with E-state index in [1.165, 1.54) is 11.8 Å². The number of aromatic nitrogens is 2. The number of rotatable bonds is 6. The van der Waals surface area contributed by atoms with Crippen molar-refractivity contribution in [3.63, 3.8) is 0 Å². The lowest BCUT2D eigenvalue weighted by atomic mass is 10.3. The molecule has 1 amide bonds. The van der Waals surface area contributed by atoms with E-state index in [-0.39, 0.29) is 11.5 Å². The number of nitrogens with zero attached hydrogens (tertiary/aromatic N) is 3. The van der Waals surface area contributed by atoms with Gasteiger partial charge in [-0.1, -0.05) is 11.8 Å². The van der Waals surface area contributed by atoms with Crippen LogP contribution in [0.2, 0.25) is 0 Å². The maximum absolute atomic E-state index is 13.2. The third-order valence-corrected chi connectivity index (χ3v) is 6.89. The maximum atomic E-state index is 13.2. The van der Waals surface area contributed by atoms with Crippen molar-refractivity contribution in [2.45, 2.75) is 36.2 Å². The summed E-state index contributed by atoms with van der Waals surface area (Å²) < 4.78 is 7.14. The molecule has 0 radical (unpaired) electrons. The van der Waals surface area contributed by atoms with Gasteiger partial charge in [0.05, 0.1) is 28.6 Å². The van der Waals surface area contributed by atoms with E-state index in [2.05, 4.69) is 0 Å². The SMILES string of the molecule is CCOc1ccc(-n2c(SCC(=O)N3CCCC3)nc3c(c2=O)SCC3)cc1. The Labute approximate surface area is 172 Å². The van der Waals surface area contributed by atoms with E-state index in [9.17, 15) is 9.59 Å². The van der Waals surface area contributed by atoms with Gasteiger partial charge in [0.15, 0.2) is 5.16 Å². The zero-order valence-electron chi connectivity index (χ0n) is 15.8. The van der Waals surface area contributed by atoms with Gasteiger partial charge in [-0.3, -0.25) is 14.2 Å². The van der Waals surface area contributed by atoms with Crippen molar-refractivity contribution in [1.82, 2.24) is 14.5 Å². The first-order valence-corrected chi connectivity index (χ1v) is 11.6. The van der Waals surface area contributed by atoms with E-state index in [4.69, 9.17) is 9.72 Å². The predicted molar refractivity (Wildman–Crippen MR) is 112 cm³/mol. The molecule has 0 bridgehead atoms. The number of thioether (sulfide) groups is 2. The van der Waals surface area contributed by atoms with Crippen molar-refractivity contribution < 1.29 is 9.53 Å². The molecule has 0 N–H and O–H groups in total. The molecule has 2 aromatic rings. The minimum atomic E-state index is -0.0484. The second-order valence-electron chi connectivity index (χ2n) is 6.71. The molecule has 3 heterocycles. The van der Waals surface area contributed by atoms with Gasteiger partial charge in [0.1, 0.15) is 5.75 Å². The maximum Gasteiger partial charge on any atom is 0.272 e. The van der Waals surface area contributed by atoms with Gasteiger partial charge < -0.3 is 9.64 Å². The van der Waals surface area contributed by atoms with Gasteiger partial charge in [-0.05, 0) is 44.0 Å². The van der Waals surface area contributed by atoms with Crippen LogP contribution in [0.25, 0.3) is 5.69 Å². The molecule has 1 saturated heterocycles. The van der Waals surface area contributed by atoms with Gasteiger partial charge in [0.25, 0.3) is 5.56 Å². The summed E-state index contributed by atoms with van der Waals surface area (Å²) in [7, 11) is 0. The monoisotopic (exact) mass is 417 g/mol. The standard InChI is InChI=1S/C20H23N3O3S2/c1-2-26-15-7-5-14(6-8-15)23-19(25)18-16(9-12-27-18)21-20(23)28-13-17(24)22-10-3-4-11-22/h5-8H,2-4,9-13H2,1H3. The molecule has 0 unspecified atom stereocenters. The number of hydrogen-bond acceptors (Lipinski definition) is 6. The highest BCUT2D eigenvalue weighted by atomic mass is 32.2. The molecule has 28 heavy (non-hydrogen) atoms. The molecule has 0 spiro atoms. The van der Waals surface area contributed by atoms with Crippen LogP contribution in [0.1, 0.15) is 25.5 Å². The molecule has 6 nitrogen and oxygen atoms in total. The van der Waals surface area contributed by atoms with E-state index in [1.807, 2.05) is 36.1 Å². The fourth-order valence-electron chi connectivity index (χ4n) is 3.46. The second kappa shape index (κ2) is 8.61. The molecule has 1 fully saturated rings. The summed E-state index contributed by atoms with van der Waals surface area (Å²) >= 11 is 2.91. The van der Waals surface area contributed by atoms with Crippen LogP contribution in [0, 0.1) is 0 Å². The Kier molecular flexibility index (Phi) is 5.96. The summed E-state index contributed by atoms with van der Waals surface area (Å²) in [5, 5.41) is 0.586. The van der Waals surface area contributed by atoms with Crippen LogP contribution in [-0.2, 0) is 11.2 Å². The summed E-state index contributed by atoms with van der Waals surface area (Å²) in [6.45, 7) is 4.20. The molecule has 8 heteroatoms. The van der Waals surface area contributed by atoms with Crippen LogP contribution < -0.4 is 10.3 Å². The third-order valence-electron chi connectivity index (χ3n) is 4.86. The number of carbonyl (C=O) groups is 1. The van der Waals surface area contributed by atoms with Crippen molar-refractivity contribution in [2.75, 3.05) is 31.2 Å². The molecule has 0 aliphatic carbocycles. The first-order valence-electron chi connectivity index (χ1n) is 9.60.